The fraction of sp³-hybridized carbons (Fsp3) is 0.312. The van der Waals surface area contributed by atoms with Gasteiger partial charge < -0.3 is 5.32 Å². The Morgan fingerprint density at radius 1 is 1.19 bits per heavy atom. The van der Waals surface area contributed by atoms with Gasteiger partial charge in [-0.05, 0) is 36.4 Å². The number of hydrogen-bond donors (Lipinski definition) is 1. The van der Waals surface area contributed by atoms with Gasteiger partial charge in [0.15, 0.2) is 0 Å². The van der Waals surface area contributed by atoms with E-state index in [9.17, 15) is 13.6 Å². The van der Waals surface area contributed by atoms with Crippen molar-refractivity contribution in [3.8, 4) is 0 Å². The molecule has 0 saturated heterocycles. The van der Waals surface area contributed by atoms with E-state index in [2.05, 4.69) is 5.32 Å². The topological polar surface area (TPSA) is 29.1 Å². The molecule has 1 amide bonds. The summed E-state index contributed by atoms with van der Waals surface area (Å²) >= 11 is 1.55. The van der Waals surface area contributed by atoms with Crippen molar-refractivity contribution in [2.45, 2.75) is 31.1 Å². The summed E-state index contributed by atoms with van der Waals surface area (Å²) < 4.78 is 26.6. The van der Waals surface area contributed by atoms with Crippen molar-refractivity contribution in [1.29, 1.82) is 0 Å². The van der Waals surface area contributed by atoms with E-state index in [0.29, 0.717) is 0 Å². The normalized spacial score (nSPS) is 16.9. The van der Waals surface area contributed by atoms with Crippen molar-refractivity contribution in [3.63, 3.8) is 0 Å². The van der Waals surface area contributed by atoms with Crippen molar-refractivity contribution in [2.75, 3.05) is 5.32 Å². The van der Waals surface area contributed by atoms with Crippen molar-refractivity contribution in [1.82, 2.24) is 0 Å². The van der Waals surface area contributed by atoms with E-state index < -0.39 is 17.0 Å². The maximum atomic E-state index is 13.7. The van der Waals surface area contributed by atoms with Crippen LogP contribution in [-0.2, 0) is 10.2 Å². The van der Waals surface area contributed by atoms with Crippen molar-refractivity contribution in [3.05, 3.63) is 52.2 Å². The molecule has 21 heavy (non-hydrogen) atoms. The predicted octanol–water partition coefficient (Wildman–Crippen LogP) is 4.48. The second-order valence-electron chi connectivity index (χ2n) is 5.34. The fourth-order valence-electron chi connectivity index (χ4n) is 2.95. The van der Waals surface area contributed by atoms with E-state index in [0.717, 1.165) is 42.7 Å². The number of carbonyl (C=O) groups excluding carboxylic acids is 1. The fourth-order valence-corrected chi connectivity index (χ4v) is 3.93. The van der Waals surface area contributed by atoms with E-state index in [1.807, 2.05) is 17.5 Å². The number of carbonyl (C=O) groups is 1. The van der Waals surface area contributed by atoms with Gasteiger partial charge in [-0.25, -0.2) is 8.78 Å². The van der Waals surface area contributed by atoms with Gasteiger partial charge in [0.2, 0.25) is 5.91 Å². The molecular weight excluding hydrogens is 292 g/mol. The highest BCUT2D eigenvalue weighted by molar-refractivity contribution is 7.10. The zero-order valence-electron chi connectivity index (χ0n) is 11.4. The number of thiophene rings is 1. The summed E-state index contributed by atoms with van der Waals surface area (Å²) in [7, 11) is 0. The van der Waals surface area contributed by atoms with Gasteiger partial charge >= 0.3 is 0 Å². The summed E-state index contributed by atoms with van der Waals surface area (Å²) in [4.78, 5) is 13.7. The molecule has 2 nitrogen and oxygen atoms in total. The van der Waals surface area contributed by atoms with E-state index in [4.69, 9.17) is 0 Å². The van der Waals surface area contributed by atoms with Gasteiger partial charge in [0.1, 0.15) is 11.6 Å². The van der Waals surface area contributed by atoms with Gasteiger partial charge in [-0.15, -0.1) is 11.3 Å². The molecule has 2 aromatic rings. The molecule has 1 fully saturated rings. The number of benzene rings is 1. The molecular formula is C16H15F2NOS. The lowest BCUT2D eigenvalue weighted by Gasteiger charge is -2.26. The second kappa shape index (κ2) is 5.56. The maximum Gasteiger partial charge on any atom is 0.235 e. The Kier molecular flexibility index (Phi) is 3.76. The molecule has 0 bridgehead atoms. The van der Waals surface area contributed by atoms with Crippen molar-refractivity contribution in [2.24, 2.45) is 0 Å². The van der Waals surface area contributed by atoms with E-state index in [1.54, 1.807) is 11.3 Å². The minimum atomic E-state index is -0.748. The zero-order valence-corrected chi connectivity index (χ0v) is 12.2. The molecule has 0 spiro atoms. The number of rotatable bonds is 3. The molecule has 3 rings (SSSR count). The zero-order chi connectivity index (χ0) is 14.9. The van der Waals surface area contributed by atoms with Gasteiger partial charge in [0.05, 0.1) is 11.1 Å². The number of nitrogens with one attached hydrogen (secondary N) is 1. The van der Waals surface area contributed by atoms with Crippen LogP contribution in [0.5, 0.6) is 0 Å². The number of hydrogen-bond acceptors (Lipinski definition) is 2. The molecule has 1 aliphatic carbocycles. The van der Waals surface area contributed by atoms with Crippen LogP contribution in [-0.4, -0.2) is 5.91 Å². The molecule has 0 unspecified atom stereocenters. The standard InChI is InChI=1S/C16H15F2NOS/c17-11-5-6-13(12(18)10-11)19-15(20)16(7-1-2-8-16)14-4-3-9-21-14/h3-6,9-10H,1-2,7-8H2,(H,19,20). The number of anilines is 1. The van der Waals surface area contributed by atoms with Gasteiger partial charge in [0, 0.05) is 10.9 Å². The molecule has 1 heterocycles. The highest BCUT2D eigenvalue weighted by Crippen LogP contribution is 2.44. The third kappa shape index (κ3) is 2.58. The SMILES string of the molecule is O=C(Nc1ccc(F)cc1F)C1(c2cccs2)CCCC1. The predicted molar refractivity (Wildman–Crippen MR) is 79.5 cm³/mol. The Bertz CT molecular complexity index is 648. The second-order valence-corrected chi connectivity index (χ2v) is 6.29. The first-order chi connectivity index (χ1) is 10.1. The van der Waals surface area contributed by atoms with Crippen LogP contribution in [0.4, 0.5) is 14.5 Å². The average Bonchev–Trinajstić information content (AvgIpc) is 3.11. The highest BCUT2D eigenvalue weighted by atomic mass is 32.1. The molecule has 110 valence electrons. The van der Waals surface area contributed by atoms with Crippen molar-refractivity contribution < 1.29 is 13.6 Å². The minimum absolute atomic E-state index is 0.0317. The number of halogens is 2. The van der Waals surface area contributed by atoms with Crippen molar-refractivity contribution >= 4 is 22.9 Å². The lowest BCUT2D eigenvalue weighted by Crippen LogP contribution is -2.37. The molecule has 1 N–H and O–H groups in total. The first-order valence-electron chi connectivity index (χ1n) is 6.92. The van der Waals surface area contributed by atoms with Crippen LogP contribution >= 0.6 is 11.3 Å². The van der Waals surface area contributed by atoms with Crippen LogP contribution in [0.2, 0.25) is 0 Å². The largest absolute Gasteiger partial charge is 0.323 e. The van der Waals surface area contributed by atoms with Crippen LogP contribution in [0.15, 0.2) is 35.7 Å². The van der Waals surface area contributed by atoms with Crippen LogP contribution in [0, 0.1) is 11.6 Å². The van der Waals surface area contributed by atoms with Crippen LogP contribution in [0.3, 0.4) is 0 Å². The average molecular weight is 307 g/mol. The van der Waals surface area contributed by atoms with E-state index >= 15 is 0 Å². The third-order valence-corrected chi connectivity index (χ3v) is 5.14. The first-order valence-corrected chi connectivity index (χ1v) is 7.80. The van der Waals surface area contributed by atoms with Gasteiger partial charge in [-0.3, -0.25) is 4.79 Å². The molecule has 0 atom stereocenters. The van der Waals surface area contributed by atoms with E-state index in [-0.39, 0.29) is 11.6 Å². The molecule has 1 aliphatic rings. The first kappa shape index (κ1) is 14.2. The Hall–Kier alpha value is -1.75. The van der Waals surface area contributed by atoms with Crippen LogP contribution in [0.25, 0.3) is 0 Å². The van der Waals surface area contributed by atoms with Gasteiger partial charge in [0.25, 0.3) is 0 Å². The highest BCUT2D eigenvalue weighted by Gasteiger charge is 2.43. The quantitative estimate of drug-likeness (QED) is 0.890. The third-order valence-electron chi connectivity index (χ3n) is 4.06. The molecule has 0 aliphatic heterocycles. The lowest BCUT2D eigenvalue weighted by molar-refractivity contribution is -0.121. The Labute approximate surface area is 125 Å². The lowest BCUT2D eigenvalue weighted by atomic mass is 9.83. The maximum absolute atomic E-state index is 13.7. The van der Waals surface area contributed by atoms with E-state index in [1.165, 1.54) is 6.07 Å². The minimum Gasteiger partial charge on any atom is -0.323 e. The molecule has 0 radical (unpaired) electrons. The number of amides is 1. The summed E-state index contributed by atoms with van der Waals surface area (Å²) in [6, 6.07) is 7.06. The summed E-state index contributed by atoms with van der Waals surface area (Å²) in [6.45, 7) is 0. The summed E-state index contributed by atoms with van der Waals surface area (Å²) in [6.07, 6.45) is 3.50. The van der Waals surface area contributed by atoms with Crippen LogP contribution in [0.1, 0.15) is 30.6 Å². The monoisotopic (exact) mass is 307 g/mol. The van der Waals surface area contributed by atoms with Crippen LogP contribution < -0.4 is 5.32 Å². The molecule has 1 saturated carbocycles. The summed E-state index contributed by atoms with van der Waals surface area (Å²) in [5.74, 6) is -1.60. The summed E-state index contributed by atoms with van der Waals surface area (Å²) in [5, 5.41) is 4.58. The molecule has 1 aromatic carbocycles. The Morgan fingerprint density at radius 3 is 2.57 bits per heavy atom. The Balaban J connectivity index is 1.89. The smallest absolute Gasteiger partial charge is 0.235 e. The molecule has 1 aromatic heterocycles. The summed E-state index contributed by atoms with van der Waals surface area (Å²) in [5.41, 5.74) is -0.543. The van der Waals surface area contributed by atoms with Gasteiger partial charge in [-0.1, -0.05) is 18.9 Å². The van der Waals surface area contributed by atoms with Gasteiger partial charge in [-0.2, -0.15) is 0 Å². The molecule has 5 heteroatoms. The Morgan fingerprint density at radius 2 is 1.95 bits per heavy atom.